The van der Waals surface area contributed by atoms with Gasteiger partial charge >= 0.3 is 23.9 Å². The summed E-state index contributed by atoms with van der Waals surface area (Å²) in [6, 6.07) is 0. The normalized spacial score (nSPS) is 37.9. The van der Waals surface area contributed by atoms with E-state index in [1.54, 1.807) is 0 Å². The van der Waals surface area contributed by atoms with E-state index in [0.717, 1.165) is 27.7 Å². The van der Waals surface area contributed by atoms with E-state index >= 15 is 0 Å². The smallest absolute Gasteiger partial charge is 0.303 e. The van der Waals surface area contributed by atoms with Crippen molar-refractivity contribution in [3.05, 3.63) is 0 Å². The van der Waals surface area contributed by atoms with E-state index in [1.165, 1.54) is 6.92 Å². The van der Waals surface area contributed by atoms with Gasteiger partial charge in [0.15, 0.2) is 30.9 Å². The molecular weight excluding hydrogens is 464 g/mol. The minimum absolute atomic E-state index is 0.442. The second-order valence-corrected chi connectivity index (χ2v) is 7.88. The molecule has 10 atom stereocenters. The summed E-state index contributed by atoms with van der Waals surface area (Å²) < 4.78 is 36.9. The SMILES string of the molecule is CC(=O)OC[C@H]1O[C@@H](O)[C@H](O[C@@H]2O[C@@H](C)[C@H](OC(C)=O)[C@@H](OC(C)=O)[C@H]2OC(C)=O)[C@@H](O)[C@@H]1O. The third kappa shape index (κ3) is 7.07. The molecule has 2 saturated heterocycles. The number of ether oxygens (including phenoxy) is 7. The fourth-order valence-electron chi connectivity index (χ4n) is 3.64. The maximum atomic E-state index is 11.8. The molecule has 2 heterocycles. The van der Waals surface area contributed by atoms with E-state index in [1.807, 2.05) is 0 Å². The van der Waals surface area contributed by atoms with Gasteiger partial charge in [-0.25, -0.2) is 0 Å². The molecule has 2 aliphatic heterocycles. The molecule has 14 nitrogen and oxygen atoms in total. The second kappa shape index (κ2) is 11.9. The van der Waals surface area contributed by atoms with Crippen molar-refractivity contribution in [3.8, 4) is 0 Å². The summed E-state index contributed by atoms with van der Waals surface area (Å²) in [6.45, 7) is 5.45. The first kappa shape index (κ1) is 27.9. The first-order valence-electron chi connectivity index (χ1n) is 10.5. The molecule has 34 heavy (non-hydrogen) atoms. The van der Waals surface area contributed by atoms with Crippen LogP contribution in [0.25, 0.3) is 0 Å². The fraction of sp³-hybridized carbons (Fsp3) is 0.800. The summed E-state index contributed by atoms with van der Waals surface area (Å²) in [5.41, 5.74) is 0. The van der Waals surface area contributed by atoms with Gasteiger partial charge in [0.1, 0.15) is 31.0 Å². The first-order valence-corrected chi connectivity index (χ1v) is 10.5. The molecule has 3 N–H and O–H groups in total. The molecule has 0 amide bonds. The maximum Gasteiger partial charge on any atom is 0.303 e. The van der Waals surface area contributed by atoms with Crippen LogP contribution in [0.5, 0.6) is 0 Å². The molecule has 0 saturated carbocycles. The van der Waals surface area contributed by atoms with Gasteiger partial charge in [-0.3, -0.25) is 19.2 Å². The second-order valence-electron chi connectivity index (χ2n) is 7.88. The van der Waals surface area contributed by atoms with Gasteiger partial charge in [-0.05, 0) is 6.92 Å². The lowest BCUT2D eigenvalue weighted by Crippen LogP contribution is -2.65. The van der Waals surface area contributed by atoms with Gasteiger partial charge in [0.2, 0.25) is 0 Å². The van der Waals surface area contributed by atoms with Gasteiger partial charge in [0, 0.05) is 27.7 Å². The zero-order valence-corrected chi connectivity index (χ0v) is 19.3. The summed E-state index contributed by atoms with van der Waals surface area (Å²) in [6.07, 6.45) is -14.6. The topological polar surface area (TPSA) is 194 Å². The number of carbonyl (C=O) groups is 4. The van der Waals surface area contributed by atoms with Gasteiger partial charge in [0.05, 0.1) is 6.10 Å². The quantitative estimate of drug-likeness (QED) is 0.258. The number of aliphatic hydroxyl groups is 3. The van der Waals surface area contributed by atoms with Gasteiger partial charge in [0.25, 0.3) is 0 Å². The Morgan fingerprint density at radius 3 is 1.76 bits per heavy atom. The Bertz CT molecular complexity index is 756. The standard InChI is InChI=1S/C20H30O14/c1-7-15(30-9(3)22)17(31-10(4)23)18(32-11(5)24)20(29-7)34-16-14(26)13(25)12(33-19(16)27)6-28-8(2)21/h7,12-20,25-27H,6H2,1-5H3/t7-,12+,13+,14-,15-,16+,17+,18+,19+,20-/m0/s1. The van der Waals surface area contributed by atoms with Crippen molar-refractivity contribution in [2.45, 2.75) is 96.0 Å². The van der Waals surface area contributed by atoms with Crippen molar-refractivity contribution in [2.75, 3.05) is 6.61 Å². The van der Waals surface area contributed by atoms with Gasteiger partial charge in [-0.2, -0.15) is 0 Å². The number of hydrogen-bond acceptors (Lipinski definition) is 14. The lowest BCUT2D eigenvalue weighted by molar-refractivity contribution is -0.359. The molecule has 0 aromatic rings. The molecule has 0 bridgehead atoms. The van der Waals surface area contributed by atoms with E-state index in [2.05, 4.69) is 0 Å². The Hall–Kier alpha value is -2.36. The van der Waals surface area contributed by atoms with Crippen LogP contribution in [-0.4, -0.2) is 107 Å². The molecule has 2 fully saturated rings. The highest BCUT2D eigenvalue weighted by Crippen LogP contribution is 2.32. The molecule has 14 heteroatoms. The van der Waals surface area contributed by atoms with Crippen LogP contribution in [0, 0.1) is 0 Å². The number of aliphatic hydroxyl groups excluding tert-OH is 3. The largest absolute Gasteiger partial charge is 0.463 e. The fourth-order valence-corrected chi connectivity index (χ4v) is 3.64. The van der Waals surface area contributed by atoms with Crippen LogP contribution >= 0.6 is 0 Å². The maximum absolute atomic E-state index is 11.8. The molecule has 0 unspecified atom stereocenters. The minimum Gasteiger partial charge on any atom is -0.463 e. The summed E-state index contributed by atoms with van der Waals surface area (Å²) in [7, 11) is 0. The van der Waals surface area contributed by atoms with Crippen LogP contribution in [0.2, 0.25) is 0 Å². The van der Waals surface area contributed by atoms with Crippen LogP contribution in [-0.2, 0) is 52.3 Å². The predicted molar refractivity (Wildman–Crippen MR) is 105 cm³/mol. The van der Waals surface area contributed by atoms with Crippen LogP contribution < -0.4 is 0 Å². The Balaban J connectivity index is 2.27. The van der Waals surface area contributed by atoms with Crippen molar-refractivity contribution in [1.29, 1.82) is 0 Å². The van der Waals surface area contributed by atoms with Crippen molar-refractivity contribution in [3.63, 3.8) is 0 Å². The average Bonchev–Trinajstić information content (AvgIpc) is 2.71. The predicted octanol–water partition coefficient (Wildman–Crippen LogP) is -2.09. The molecule has 194 valence electrons. The zero-order chi connectivity index (χ0) is 25.7. The minimum atomic E-state index is -1.82. The molecule has 0 aromatic carbocycles. The first-order chi connectivity index (χ1) is 15.8. The third-order valence-corrected chi connectivity index (χ3v) is 5.04. The highest BCUT2D eigenvalue weighted by molar-refractivity contribution is 5.68. The summed E-state index contributed by atoms with van der Waals surface area (Å²) in [5.74, 6) is -2.98. The van der Waals surface area contributed by atoms with Crippen molar-refractivity contribution < 1.29 is 67.7 Å². The Labute approximate surface area is 194 Å². The monoisotopic (exact) mass is 494 g/mol. The third-order valence-electron chi connectivity index (χ3n) is 5.04. The van der Waals surface area contributed by atoms with Crippen LogP contribution in [0.4, 0.5) is 0 Å². The van der Waals surface area contributed by atoms with Gasteiger partial charge < -0.3 is 48.5 Å². The molecule has 2 aliphatic rings. The molecule has 0 spiro atoms. The molecular formula is C20H30O14. The molecule has 0 radical (unpaired) electrons. The van der Waals surface area contributed by atoms with Gasteiger partial charge in [-0.15, -0.1) is 0 Å². The number of esters is 4. The van der Waals surface area contributed by atoms with E-state index in [4.69, 9.17) is 33.2 Å². The zero-order valence-electron chi connectivity index (χ0n) is 19.3. The van der Waals surface area contributed by atoms with Crippen LogP contribution in [0.15, 0.2) is 0 Å². The lowest BCUT2D eigenvalue weighted by atomic mass is 9.97. The van der Waals surface area contributed by atoms with Crippen molar-refractivity contribution in [2.24, 2.45) is 0 Å². The van der Waals surface area contributed by atoms with E-state index in [0.29, 0.717) is 0 Å². The van der Waals surface area contributed by atoms with Crippen LogP contribution in [0.1, 0.15) is 34.6 Å². The number of hydrogen-bond donors (Lipinski definition) is 3. The summed E-state index contributed by atoms with van der Waals surface area (Å²) in [4.78, 5) is 46.0. The van der Waals surface area contributed by atoms with Crippen LogP contribution in [0.3, 0.4) is 0 Å². The Morgan fingerprint density at radius 2 is 1.24 bits per heavy atom. The highest BCUT2D eigenvalue weighted by Gasteiger charge is 2.54. The molecule has 2 rings (SSSR count). The number of carbonyl (C=O) groups excluding carboxylic acids is 4. The number of rotatable bonds is 7. The lowest BCUT2D eigenvalue weighted by Gasteiger charge is -2.46. The van der Waals surface area contributed by atoms with E-state index in [-0.39, 0.29) is 0 Å². The molecule has 0 aliphatic carbocycles. The Morgan fingerprint density at radius 1 is 0.706 bits per heavy atom. The Kier molecular flexibility index (Phi) is 9.73. The van der Waals surface area contributed by atoms with Crippen molar-refractivity contribution in [1.82, 2.24) is 0 Å². The molecule has 0 aromatic heterocycles. The average molecular weight is 494 g/mol. The van der Waals surface area contributed by atoms with Gasteiger partial charge in [-0.1, -0.05) is 0 Å². The summed E-state index contributed by atoms with van der Waals surface area (Å²) >= 11 is 0. The highest BCUT2D eigenvalue weighted by atomic mass is 16.8. The van der Waals surface area contributed by atoms with Crippen molar-refractivity contribution >= 4 is 23.9 Å². The summed E-state index contributed by atoms with van der Waals surface area (Å²) in [5, 5.41) is 31.2. The van der Waals surface area contributed by atoms with E-state index in [9.17, 15) is 34.5 Å². The van der Waals surface area contributed by atoms with E-state index < -0.39 is 91.9 Å².